The van der Waals surface area contributed by atoms with E-state index in [0.29, 0.717) is 0 Å². The number of aryl methyl sites for hydroxylation is 2. The van der Waals surface area contributed by atoms with E-state index in [1.807, 2.05) is 0 Å². The van der Waals surface area contributed by atoms with Crippen LogP contribution in [0.3, 0.4) is 0 Å². The molecule has 0 aliphatic rings. The number of para-hydroxylation sites is 2. The fourth-order valence-corrected chi connectivity index (χ4v) is 2.78. The van der Waals surface area contributed by atoms with Crippen molar-refractivity contribution in [1.82, 2.24) is 14.5 Å². The van der Waals surface area contributed by atoms with Gasteiger partial charge in [-0.2, -0.15) is 0 Å². The predicted octanol–water partition coefficient (Wildman–Crippen LogP) is 3.72. The Bertz CT molecular complexity index is 526. The van der Waals surface area contributed by atoms with Gasteiger partial charge < -0.3 is 9.47 Å². The van der Waals surface area contributed by atoms with Crippen molar-refractivity contribution in [2.45, 2.75) is 46.6 Å². The molecule has 1 aromatic carbocycles. The zero-order valence-electron chi connectivity index (χ0n) is 13.1. The third kappa shape index (κ3) is 3.40. The Morgan fingerprint density at radius 2 is 1.85 bits per heavy atom. The van der Waals surface area contributed by atoms with Gasteiger partial charge in [0, 0.05) is 13.0 Å². The Morgan fingerprint density at radius 1 is 1.10 bits per heavy atom. The number of hydrogen-bond acceptors (Lipinski definition) is 2. The molecule has 0 aliphatic heterocycles. The van der Waals surface area contributed by atoms with Crippen LogP contribution in [-0.4, -0.2) is 34.1 Å². The van der Waals surface area contributed by atoms with Crippen LogP contribution < -0.4 is 0 Å². The van der Waals surface area contributed by atoms with E-state index in [-0.39, 0.29) is 0 Å². The lowest BCUT2D eigenvalue weighted by Gasteiger charge is -2.18. The molecule has 0 amide bonds. The molecule has 3 heteroatoms. The molecule has 0 spiro atoms. The number of benzene rings is 1. The summed E-state index contributed by atoms with van der Waals surface area (Å²) in [6.07, 6.45) is 3.41. The molecule has 1 aromatic heterocycles. The molecule has 0 bridgehead atoms. The standard InChI is InChI=1S/C17H27N3/c1-4-10-17-18-15-11-7-8-12-16(15)20(17)14-9-13-19(5-2)6-3/h7-8,11-12H,4-6,9-10,13-14H2,1-3H3. The van der Waals surface area contributed by atoms with Crippen LogP contribution in [0.15, 0.2) is 24.3 Å². The summed E-state index contributed by atoms with van der Waals surface area (Å²) in [5.41, 5.74) is 2.43. The highest BCUT2D eigenvalue weighted by Gasteiger charge is 2.09. The quantitative estimate of drug-likeness (QED) is 0.731. The number of imidazole rings is 1. The number of nitrogens with zero attached hydrogens (tertiary/aromatic N) is 3. The second kappa shape index (κ2) is 7.44. The summed E-state index contributed by atoms with van der Waals surface area (Å²) in [5.74, 6) is 1.24. The van der Waals surface area contributed by atoms with Gasteiger partial charge in [-0.3, -0.25) is 0 Å². The molecular weight excluding hydrogens is 246 g/mol. The monoisotopic (exact) mass is 273 g/mol. The van der Waals surface area contributed by atoms with Crippen molar-refractivity contribution >= 4 is 11.0 Å². The molecule has 0 unspecified atom stereocenters. The predicted molar refractivity (Wildman–Crippen MR) is 86.1 cm³/mol. The van der Waals surface area contributed by atoms with Crippen molar-refractivity contribution in [2.24, 2.45) is 0 Å². The maximum absolute atomic E-state index is 4.79. The van der Waals surface area contributed by atoms with Crippen molar-refractivity contribution in [3.63, 3.8) is 0 Å². The van der Waals surface area contributed by atoms with Gasteiger partial charge in [0.05, 0.1) is 11.0 Å². The van der Waals surface area contributed by atoms with E-state index in [0.717, 1.165) is 38.0 Å². The van der Waals surface area contributed by atoms with Crippen LogP contribution in [-0.2, 0) is 13.0 Å². The van der Waals surface area contributed by atoms with Gasteiger partial charge in [-0.1, -0.05) is 32.9 Å². The van der Waals surface area contributed by atoms with Crippen molar-refractivity contribution in [1.29, 1.82) is 0 Å². The Hall–Kier alpha value is -1.35. The second-order valence-corrected chi connectivity index (χ2v) is 5.30. The first-order chi connectivity index (χ1) is 9.80. The first-order valence-electron chi connectivity index (χ1n) is 7.96. The highest BCUT2D eigenvalue weighted by Crippen LogP contribution is 2.17. The minimum absolute atomic E-state index is 1.07. The summed E-state index contributed by atoms with van der Waals surface area (Å²) < 4.78 is 2.42. The third-order valence-corrected chi connectivity index (χ3v) is 3.96. The fourth-order valence-electron chi connectivity index (χ4n) is 2.78. The summed E-state index contributed by atoms with van der Waals surface area (Å²) in [5, 5.41) is 0. The maximum Gasteiger partial charge on any atom is 0.109 e. The van der Waals surface area contributed by atoms with Gasteiger partial charge >= 0.3 is 0 Å². The number of fused-ring (bicyclic) bond motifs is 1. The van der Waals surface area contributed by atoms with Crippen molar-refractivity contribution in [3.05, 3.63) is 30.1 Å². The average molecular weight is 273 g/mol. The van der Waals surface area contributed by atoms with E-state index in [2.05, 4.69) is 54.5 Å². The van der Waals surface area contributed by atoms with Gasteiger partial charge in [0.25, 0.3) is 0 Å². The summed E-state index contributed by atoms with van der Waals surface area (Å²) in [6.45, 7) is 11.2. The van der Waals surface area contributed by atoms with E-state index in [9.17, 15) is 0 Å². The Labute approximate surface area is 122 Å². The molecule has 0 radical (unpaired) electrons. The topological polar surface area (TPSA) is 21.1 Å². The summed E-state index contributed by atoms with van der Waals surface area (Å²) >= 11 is 0. The molecule has 3 nitrogen and oxygen atoms in total. The first kappa shape index (κ1) is 15.0. The zero-order valence-corrected chi connectivity index (χ0v) is 13.1. The number of hydrogen-bond donors (Lipinski definition) is 0. The molecule has 20 heavy (non-hydrogen) atoms. The first-order valence-corrected chi connectivity index (χ1v) is 7.96. The SMILES string of the molecule is CCCc1nc2ccccc2n1CCCN(CC)CC. The highest BCUT2D eigenvalue weighted by molar-refractivity contribution is 5.75. The lowest BCUT2D eigenvalue weighted by atomic mass is 10.3. The van der Waals surface area contributed by atoms with Crippen LogP contribution in [0.2, 0.25) is 0 Å². The lowest BCUT2D eigenvalue weighted by molar-refractivity contribution is 0.293. The minimum Gasteiger partial charge on any atom is -0.328 e. The smallest absolute Gasteiger partial charge is 0.109 e. The van der Waals surface area contributed by atoms with Crippen molar-refractivity contribution in [3.8, 4) is 0 Å². The lowest BCUT2D eigenvalue weighted by Crippen LogP contribution is -2.25. The molecular formula is C17H27N3. The molecule has 0 saturated carbocycles. The molecule has 0 N–H and O–H groups in total. The van der Waals surface area contributed by atoms with Gasteiger partial charge in [0.2, 0.25) is 0 Å². The van der Waals surface area contributed by atoms with Crippen molar-refractivity contribution in [2.75, 3.05) is 19.6 Å². The molecule has 0 atom stereocenters. The summed E-state index contributed by atoms with van der Waals surface area (Å²) in [7, 11) is 0. The van der Waals surface area contributed by atoms with Crippen LogP contribution in [0, 0.1) is 0 Å². The molecule has 0 aliphatic carbocycles. The van der Waals surface area contributed by atoms with Gasteiger partial charge in [-0.25, -0.2) is 4.98 Å². The highest BCUT2D eigenvalue weighted by atomic mass is 15.1. The average Bonchev–Trinajstić information content (AvgIpc) is 2.82. The van der Waals surface area contributed by atoms with Gasteiger partial charge in [-0.15, -0.1) is 0 Å². The summed E-state index contributed by atoms with van der Waals surface area (Å²) in [6, 6.07) is 8.50. The fraction of sp³-hybridized carbons (Fsp3) is 0.588. The minimum atomic E-state index is 1.07. The van der Waals surface area contributed by atoms with E-state index in [4.69, 9.17) is 4.98 Å². The number of aromatic nitrogens is 2. The van der Waals surface area contributed by atoms with Crippen LogP contribution in [0.5, 0.6) is 0 Å². The molecule has 2 rings (SSSR count). The van der Waals surface area contributed by atoms with E-state index in [1.54, 1.807) is 0 Å². The van der Waals surface area contributed by atoms with E-state index < -0.39 is 0 Å². The normalized spacial score (nSPS) is 11.6. The Kier molecular flexibility index (Phi) is 5.60. The molecule has 2 aromatic rings. The largest absolute Gasteiger partial charge is 0.328 e. The number of rotatable bonds is 8. The van der Waals surface area contributed by atoms with Crippen molar-refractivity contribution < 1.29 is 0 Å². The molecule has 0 saturated heterocycles. The van der Waals surface area contributed by atoms with Crippen LogP contribution >= 0.6 is 0 Å². The van der Waals surface area contributed by atoms with E-state index >= 15 is 0 Å². The molecule has 0 fully saturated rings. The van der Waals surface area contributed by atoms with Gasteiger partial charge in [-0.05, 0) is 44.6 Å². The van der Waals surface area contributed by atoms with Gasteiger partial charge in [0.15, 0.2) is 0 Å². The second-order valence-electron chi connectivity index (χ2n) is 5.30. The third-order valence-electron chi connectivity index (χ3n) is 3.96. The maximum atomic E-state index is 4.79. The van der Waals surface area contributed by atoms with Crippen LogP contribution in [0.4, 0.5) is 0 Å². The Balaban J connectivity index is 2.12. The Morgan fingerprint density at radius 3 is 2.55 bits per heavy atom. The van der Waals surface area contributed by atoms with Crippen LogP contribution in [0.25, 0.3) is 11.0 Å². The summed E-state index contributed by atoms with van der Waals surface area (Å²) in [4.78, 5) is 7.27. The zero-order chi connectivity index (χ0) is 14.4. The molecule has 1 heterocycles. The van der Waals surface area contributed by atoms with E-state index in [1.165, 1.54) is 24.3 Å². The molecule has 110 valence electrons. The van der Waals surface area contributed by atoms with Gasteiger partial charge in [0.1, 0.15) is 5.82 Å². The van der Waals surface area contributed by atoms with Crippen LogP contribution in [0.1, 0.15) is 39.4 Å².